The molecule has 0 unspecified atom stereocenters. The monoisotopic (exact) mass is 307 g/mol. The zero-order chi connectivity index (χ0) is 15.1. The van der Waals surface area contributed by atoms with Crippen LogP contribution < -0.4 is 4.74 Å². The van der Waals surface area contributed by atoms with Crippen molar-refractivity contribution in [2.45, 2.75) is 25.2 Å². The van der Waals surface area contributed by atoms with Crippen molar-refractivity contribution in [2.24, 2.45) is 0 Å². The molecular formula is C14H17N3O3S. The fraction of sp³-hybridized carbons (Fsp3) is 0.357. The molecule has 21 heavy (non-hydrogen) atoms. The van der Waals surface area contributed by atoms with Crippen LogP contribution in [0.15, 0.2) is 35.5 Å². The van der Waals surface area contributed by atoms with Crippen molar-refractivity contribution in [3.05, 3.63) is 36.2 Å². The topological polar surface area (TPSA) is 66.2 Å². The van der Waals surface area contributed by atoms with Gasteiger partial charge in [0.25, 0.3) is 0 Å². The zero-order valence-electron chi connectivity index (χ0n) is 12.0. The molecule has 1 heterocycles. The molecule has 1 aromatic heterocycles. The molecule has 0 fully saturated rings. The minimum absolute atomic E-state index is 0.216. The Labute approximate surface area is 127 Å². The summed E-state index contributed by atoms with van der Waals surface area (Å²) in [5, 5.41) is 8.90. The summed E-state index contributed by atoms with van der Waals surface area (Å²) < 4.78 is 12.2. The molecule has 1 aromatic carbocycles. The number of hydrogen-bond donors (Lipinski definition) is 0. The minimum atomic E-state index is -0.285. The van der Waals surface area contributed by atoms with E-state index < -0.39 is 0 Å². The number of esters is 1. The van der Waals surface area contributed by atoms with Crippen molar-refractivity contribution >= 4 is 17.7 Å². The molecule has 2 rings (SSSR count). The zero-order valence-corrected chi connectivity index (χ0v) is 12.8. The van der Waals surface area contributed by atoms with Gasteiger partial charge in [-0.25, -0.2) is 0 Å². The summed E-state index contributed by atoms with van der Waals surface area (Å²) >= 11 is 1.31. The van der Waals surface area contributed by atoms with Gasteiger partial charge < -0.3 is 14.0 Å². The van der Waals surface area contributed by atoms with Crippen LogP contribution in [-0.2, 0) is 22.7 Å². The van der Waals surface area contributed by atoms with Crippen LogP contribution in [0, 0.1) is 0 Å². The number of carbonyl (C=O) groups is 1. The predicted molar refractivity (Wildman–Crippen MR) is 79.2 cm³/mol. The van der Waals surface area contributed by atoms with Gasteiger partial charge in [0.1, 0.15) is 12.4 Å². The Morgan fingerprint density at radius 3 is 2.71 bits per heavy atom. The molecule has 6 nitrogen and oxygen atoms in total. The molecular weight excluding hydrogens is 290 g/mol. The van der Waals surface area contributed by atoms with E-state index >= 15 is 0 Å². The molecule has 7 heteroatoms. The molecule has 2 aromatic rings. The van der Waals surface area contributed by atoms with Gasteiger partial charge in [-0.15, -0.1) is 10.2 Å². The van der Waals surface area contributed by atoms with Crippen LogP contribution in [0.3, 0.4) is 0 Å². The Morgan fingerprint density at radius 1 is 1.29 bits per heavy atom. The van der Waals surface area contributed by atoms with E-state index in [-0.39, 0.29) is 11.7 Å². The Hall–Kier alpha value is -2.02. The highest BCUT2D eigenvalue weighted by Crippen LogP contribution is 2.18. The Balaban J connectivity index is 2.00. The summed E-state index contributed by atoms with van der Waals surface area (Å²) in [6.07, 6.45) is 0. The second kappa shape index (κ2) is 7.68. The number of hydrogen-bond acceptors (Lipinski definition) is 6. The van der Waals surface area contributed by atoms with Crippen molar-refractivity contribution in [3.63, 3.8) is 0 Å². The second-order valence-electron chi connectivity index (χ2n) is 4.11. The van der Waals surface area contributed by atoms with Gasteiger partial charge in [0.15, 0.2) is 11.0 Å². The van der Waals surface area contributed by atoms with Gasteiger partial charge in [-0.3, -0.25) is 4.79 Å². The third-order valence-electron chi connectivity index (χ3n) is 2.77. The predicted octanol–water partition coefficient (Wildman–Crippen LogP) is 2.14. The molecule has 0 saturated carbocycles. The first-order valence-electron chi connectivity index (χ1n) is 6.54. The van der Waals surface area contributed by atoms with Gasteiger partial charge in [0, 0.05) is 6.54 Å². The molecule has 0 aliphatic carbocycles. The number of methoxy groups -OCH3 is 1. The van der Waals surface area contributed by atoms with Gasteiger partial charge in [-0.1, -0.05) is 30.0 Å². The average molecular weight is 307 g/mol. The number of rotatable bonds is 7. The molecule has 0 aliphatic rings. The standard InChI is InChI=1S/C14H17N3O3S/c1-3-17-12(9-20-11-7-5-4-6-8-11)15-16-14(17)21-10-13(18)19-2/h4-8H,3,9-10H2,1-2H3. The van der Waals surface area contributed by atoms with Crippen LogP contribution in [-0.4, -0.2) is 33.6 Å². The van der Waals surface area contributed by atoms with E-state index in [0.29, 0.717) is 18.3 Å². The molecule has 0 spiro atoms. The van der Waals surface area contributed by atoms with Crippen LogP contribution in [0.5, 0.6) is 5.75 Å². The quantitative estimate of drug-likeness (QED) is 0.577. The van der Waals surface area contributed by atoms with E-state index in [1.54, 1.807) is 0 Å². The van der Waals surface area contributed by atoms with Crippen molar-refractivity contribution < 1.29 is 14.3 Å². The van der Waals surface area contributed by atoms with Crippen LogP contribution in [0.1, 0.15) is 12.7 Å². The highest BCUT2D eigenvalue weighted by atomic mass is 32.2. The summed E-state index contributed by atoms with van der Waals surface area (Å²) in [7, 11) is 1.37. The van der Waals surface area contributed by atoms with E-state index in [0.717, 1.165) is 11.6 Å². The molecule has 0 radical (unpaired) electrons. The maximum Gasteiger partial charge on any atom is 0.316 e. The average Bonchev–Trinajstić information content (AvgIpc) is 2.93. The molecule has 0 saturated heterocycles. The van der Waals surface area contributed by atoms with Crippen LogP contribution >= 0.6 is 11.8 Å². The Morgan fingerprint density at radius 2 is 2.05 bits per heavy atom. The van der Waals surface area contributed by atoms with Crippen molar-refractivity contribution in [3.8, 4) is 5.75 Å². The lowest BCUT2D eigenvalue weighted by atomic mass is 10.3. The van der Waals surface area contributed by atoms with Crippen LogP contribution in [0.2, 0.25) is 0 Å². The number of aromatic nitrogens is 3. The van der Waals surface area contributed by atoms with Crippen LogP contribution in [0.4, 0.5) is 0 Å². The minimum Gasteiger partial charge on any atom is -0.486 e. The smallest absolute Gasteiger partial charge is 0.316 e. The van der Waals surface area contributed by atoms with Gasteiger partial charge in [0.05, 0.1) is 12.9 Å². The number of nitrogens with zero attached hydrogens (tertiary/aromatic N) is 3. The largest absolute Gasteiger partial charge is 0.486 e. The lowest BCUT2D eigenvalue weighted by Crippen LogP contribution is -2.08. The number of benzene rings is 1. The van der Waals surface area contributed by atoms with E-state index in [2.05, 4.69) is 14.9 Å². The summed E-state index contributed by atoms with van der Waals surface area (Å²) in [6, 6.07) is 9.54. The van der Waals surface area contributed by atoms with Crippen molar-refractivity contribution in [1.82, 2.24) is 14.8 Å². The fourth-order valence-corrected chi connectivity index (χ4v) is 2.55. The van der Waals surface area contributed by atoms with Crippen molar-refractivity contribution in [1.29, 1.82) is 0 Å². The highest BCUT2D eigenvalue weighted by Gasteiger charge is 2.13. The summed E-state index contributed by atoms with van der Waals surface area (Å²) in [6.45, 7) is 3.05. The lowest BCUT2D eigenvalue weighted by molar-refractivity contribution is -0.137. The normalized spacial score (nSPS) is 10.4. The first kappa shape index (κ1) is 15.4. The van der Waals surface area contributed by atoms with Crippen molar-refractivity contribution in [2.75, 3.05) is 12.9 Å². The highest BCUT2D eigenvalue weighted by molar-refractivity contribution is 7.99. The molecule has 0 bridgehead atoms. The SMILES string of the molecule is CCn1c(COc2ccccc2)nnc1SCC(=O)OC. The van der Waals surface area contributed by atoms with Gasteiger partial charge >= 0.3 is 5.97 Å². The third-order valence-corrected chi connectivity index (χ3v) is 3.71. The van der Waals surface area contributed by atoms with Gasteiger partial charge in [0.2, 0.25) is 0 Å². The maximum absolute atomic E-state index is 11.2. The Bertz CT molecular complexity index is 586. The molecule has 0 amide bonds. The number of para-hydroxylation sites is 1. The van der Waals surface area contributed by atoms with E-state index in [9.17, 15) is 4.79 Å². The first-order chi connectivity index (χ1) is 10.2. The fourth-order valence-electron chi connectivity index (χ4n) is 1.70. The van der Waals surface area contributed by atoms with E-state index in [1.807, 2.05) is 41.8 Å². The number of ether oxygens (including phenoxy) is 2. The van der Waals surface area contributed by atoms with Gasteiger partial charge in [-0.2, -0.15) is 0 Å². The second-order valence-corrected chi connectivity index (χ2v) is 5.05. The summed E-state index contributed by atoms with van der Waals surface area (Å²) in [4.78, 5) is 11.2. The first-order valence-corrected chi connectivity index (χ1v) is 7.52. The Kier molecular flexibility index (Phi) is 5.62. The molecule has 112 valence electrons. The maximum atomic E-state index is 11.2. The molecule has 0 atom stereocenters. The summed E-state index contributed by atoms with van der Waals surface area (Å²) in [5.74, 6) is 1.45. The lowest BCUT2D eigenvalue weighted by Gasteiger charge is -2.08. The number of thioether (sulfide) groups is 1. The third kappa shape index (κ3) is 4.22. The van der Waals surface area contributed by atoms with E-state index in [1.165, 1.54) is 18.9 Å². The van der Waals surface area contributed by atoms with E-state index in [4.69, 9.17) is 4.74 Å². The molecule has 0 N–H and O–H groups in total. The number of carbonyl (C=O) groups excluding carboxylic acids is 1. The van der Waals surface area contributed by atoms with Crippen LogP contribution in [0.25, 0.3) is 0 Å². The van der Waals surface area contributed by atoms with Gasteiger partial charge in [-0.05, 0) is 19.1 Å². The summed E-state index contributed by atoms with van der Waals surface area (Å²) in [5.41, 5.74) is 0. The molecule has 0 aliphatic heterocycles.